The van der Waals surface area contributed by atoms with Crippen LogP contribution in [0.15, 0.2) is 73.1 Å². The smallest absolute Gasteiger partial charge is 0.246 e. The molecule has 7 heteroatoms. The van der Waals surface area contributed by atoms with Crippen molar-refractivity contribution in [2.24, 2.45) is 0 Å². The predicted octanol–water partition coefficient (Wildman–Crippen LogP) is 2.81. The lowest BCUT2D eigenvalue weighted by Crippen LogP contribution is -2.23. The number of aliphatic hydroxyl groups is 1. The SMILES string of the molecule is Cl.O=C(Cn1cccn1)Nc1ccc(CCNC[C@H](O)c2ccccc2)cc1. The fraction of sp³-hybridized carbons (Fsp3) is 0.238. The van der Waals surface area contributed by atoms with Crippen molar-refractivity contribution in [1.82, 2.24) is 15.1 Å². The first-order valence-corrected chi connectivity index (χ1v) is 9.00. The molecule has 0 aliphatic heterocycles. The number of anilines is 1. The molecule has 0 aliphatic rings. The molecule has 3 rings (SSSR count). The zero-order valence-electron chi connectivity index (χ0n) is 15.5. The fourth-order valence-corrected chi connectivity index (χ4v) is 2.76. The van der Waals surface area contributed by atoms with Crippen LogP contribution < -0.4 is 10.6 Å². The molecule has 0 unspecified atom stereocenters. The van der Waals surface area contributed by atoms with Gasteiger partial charge in [0.15, 0.2) is 0 Å². The van der Waals surface area contributed by atoms with Crippen molar-refractivity contribution in [3.63, 3.8) is 0 Å². The highest BCUT2D eigenvalue weighted by molar-refractivity contribution is 5.90. The molecule has 28 heavy (non-hydrogen) atoms. The van der Waals surface area contributed by atoms with Crippen LogP contribution in [0.5, 0.6) is 0 Å². The van der Waals surface area contributed by atoms with E-state index in [4.69, 9.17) is 0 Å². The zero-order chi connectivity index (χ0) is 18.9. The Morgan fingerprint density at radius 1 is 1.07 bits per heavy atom. The largest absolute Gasteiger partial charge is 0.387 e. The molecule has 0 radical (unpaired) electrons. The van der Waals surface area contributed by atoms with Crippen molar-refractivity contribution in [1.29, 1.82) is 0 Å². The van der Waals surface area contributed by atoms with Gasteiger partial charge in [0.05, 0.1) is 6.10 Å². The number of amides is 1. The van der Waals surface area contributed by atoms with E-state index < -0.39 is 6.10 Å². The monoisotopic (exact) mass is 400 g/mol. The number of hydrogen-bond donors (Lipinski definition) is 3. The van der Waals surface area contributed by atoms with Crippen molar-refractivity contribution >= 4 is 24.0 Å². The third-order valence-corrected chi connectivity index (χ3v) is 4.21. The van der Waals surface area contributed by atoms with E-state index in [-0.39, 0.29) is 24.9 Å². The van der Waals surface area contributed by atoms with E-state index in [1.165, 1.54) is 5.56 Å². The zero-order valence-corrected chi connectivity index (χ0v) is 16.3. The summed E-state index contributed by atoms with van der Waals surface area (Å²) in [4.78, 5) is 12.0. The highest BCUT2D eigenvalue weighted by Gasteiger charge is 2.06. The topological polar surface area (TPSA) is 79.2 Å². The Morgan fingerprint density at radius 2 is 1.82 bits per heavy atom. The average Bonchev–Trinajstić information content (AvgIpc) is 3.20. The van der Waals surface area contributed by atoms with Crippen LogP contribution in [0.25, 0.3) is 0 Å². The molecule has 0 fully saturated rings. The van der Waals surface area contributed by atoms with Crippen LogP contribution in [-0.2, 0) is 17.8 Å². The van der Waals surface area contributed by atoms with Gasteiger partial charge in [0.25, 0.3) is 0 Å². The Kier molecular flexibility index (Phi) is 8.68. The number of nitrogens with zero attached hydrogens (tertiary/aromatic N) is 2. The summed E-state index contributed by atoms with van der Waals surface area (Å²) >= 11 is 0. The number of nitrogens with one attached hydrogen (secondary N) is 2. The normalized spacial score (nSPS) is 11.5. The second-order valence-corrected chi connectivity index (χ2v) is 6.33. The van der Waals surface area contributed by atoms with Crippen LogP contribution in [0.3, 0.4) is 0 Å². The van der Waals surface area contributed by atoms with Crippen LogP contribution >= 0.6 is 12.4 Å². The molecule has 6 nitrogen and oxygen atoms in total. The molecule has 148 valence electrons. The molecule has 0 saturated carbocycles. The summed E-state index contributed by atoms with van der Waals surface area (Å²) in [7, 11) is 0. The van der Waals surface area contributed by atoms with E-state index in [0.717, 1.165) is 24.2 Å². The van der Waals surface area contributed by atoms with Crippen LogP contribution in [0, 0.1) is 0 Å². The number of hydrogen-bond acceptors (Lipinski definition) is 4. The molecule has 0 spiro atoms. The molecule has 1 amide bonds. The molecule has 1 aromatic heterocycles. The number of halogens is 1. The van der Waals surface area contributed by atoms with Gasteiger partial charge in [-0.05, 0) is 42.3 Å². The lowest BCUT2D eigenvalue weighted by Gasteiger charge is -2.12. The van der Waals surface area contributed by atoms with Gasteiger partial charge in [-0.25, -0.2) is 0 Å². The van der Waals surface area contributed by atoms with Gasteiger partial charge >= 0.3 is 0 Å². The van der Waals surface area contributed by atoms with Gasteiger partial charge in [-0.1, -0.05) is 42.5 Å². The molecule has 0 saturated heterocycles. The summed E-state index contributed by atoms with van der Waals surface area (Å²) < 4.78 is 1.58. The maximum atomic E-state index is 12.0. The van der Waals surface area contributed by atoms with E-state index in [9.17, 15) is 9.90 Å². The predicted molar refractivity (Wildman–Crippen MR) is 113 cm³/mol. The second kappa shape index (κ2) is 11.2. The number of benzene rings is 2. The standard InChI is InChI=1S/C21H24N4O2.ClH/c26-20(18-5-2-1-3-6-18)15-22-13-11-17-7-9-19(10-8-17)24-21(27)16-25-14-4-12-23-25;/h1-10,12,14,20,22,26H,11,13,15-16H2,(H,24,27);1H/t20-;/m0./s1. The maximum Gasteiger partial charge on any atom is 0.246 e. The summed E-state index contributed by atoms with van der Waals surface area (Å²) in [6.07, 6.45) is 3.75. The molecule has 3 N–H and O–H groups in total. The van der Waals surface area contributed by atoms with E-state index in [1.807, 2.05) is 54.6 Å². The van der Waals surface area contributed by atoms with Crippen molar-refractivity contribution in [2.45, 2.75) is 19.1 Å². The van der Waals surface area contributed by atoms with Gasteiger partial charge in [-0.3, -0.25) is 9.48 Å². The first-order chi connectivity index (χ1) is 13.2. The summed E-state index contributed by atoms with van der Waals surface area (Å²) in [5.74, 6) is -0.108. The third kappa shape index (κ3) is 6.81. The number of aromatic nitrogens is 2. The van der Waals surface area contributed by atoms with E-state index in [1.54, 1.807) is 23.1 Å². The van der Waals surface area contributed by atoms with Gasteiger partial charge in [-0.2, -0.15) is 5.10 Å². The summed E-state index contributed by atoms with van der Waals surface area (Å²) in [5.41, 5.74) is 2.85. The van der Waals surface area contributed by atoms with E-state index in [0.29, 0.717) is 6.54 Å². The van der Waals surface area contributed by atoms with Crippen LogP contribution in [0.2, 0.25) is 0 Å². The fourth-order valence-electron chi connectivity index (χ4n) is 2.76. The first kappa shape index (κ1) is 21.6. The molecule has 2 aromatic carbocycles. The van der Waals surface area contributed by atoms with Gasteiger partial charge in [0.2, 0.25) is 5.91 Å². The molecule has 0 bridgehead atoms. The molecule has 3 aromatic rings. The van der Waals surface area contributed by atoms with Crippen molar-refractivity contribution < 1.29 is 9.90 Å². The van der Waals surface area contributed by atoms with Crippen LogP contribution in [0.1, 0.15) is 17.2 Å². The minimum absolute atomic E-state index is 0. The quantitative estimate of drug-likeness (QED) is 0.482. The second-order valence-electron chi connectivity index (χ2n) is 6.33. The highest BCUT2D eigenvalue weighted by Crippen LogP contribution is 2.12. The third-order valence-electron chi connectivity index (χ3n) is 4.21. The Bertz CT molecular complexity index is 823. The number of carbonyl (C=O) groups excluding carboxylic acids is 1. The van der Waals surface area contributed by atoms with Gasteiger partial charge in [0, 0.05) is 24.6 Å². The maximum absolute atomic E-state index is 12.0. The molecule has 1 heterocycles. The molecule has 0 aliphatic carbocycles. The van der Waals surface area contributed by atoms with Gasteiger partial charge in [-0.15, -0.1) is 12.4 Å². The first-order valence-electron chi connectivity index (χ1n) is 9.00. The van der Waals surface area contributed by atoms with Gasteiger partial charge in [0.1, 0.15) is 6.54 Å². The Hall–Kier alpha value is -2.67. The van der Waals surface area contributed by atoms with Gasteiger partial charge < -0.3 is 15.7 Å². The lowest BCUT2D eigenvalue weighted by molar-refractivity contribution is -0.116. The van der Waals surface area contributed by atoms with E-state index >= 15 is 0 Å². The average molecular weight is 401 g/mol. The van der Waals surface area contributed by atoms with Crippen molar-refractivity contribution in [3.05, 3.63) is 84.2 Å². The number of aliphatic hydroxyl groups excluding tert-OH is 1. The lowest BCUT2D eigenvalue weighted by atomic mass is 10.1. The minimum atomic E-state index is -0.501. The van der Waals surface area contributed by atoms with Crippen molar-refractivity contribution in [3.8, 4) is 0 Å². The number of rotatable bonds is 9. The Balaban J connectivity index is 0.00000280. The Morgan fingerprint density at radius 3 is 2.50 bits per heavy atom. The summed E-state index contributed by atoms with van der Waals surface area (Å²) in [6, 6.07) is 19.2. The molecular formula is C21H25ClN4O2. The van der Waals surface area contributed by atoms with Crippen LogP contribution in [0.4, 0.5) is 5.69 Å². The molecule has 1 atom stereocenters. The molecular weight excluding hydrogens is 376 g/mol. The Labute approximate surface area is 171 Å². The minimum Gasteiger partial charge on any atom is -0.387 e. The number of carbonyl (C=O) groups is 1. The van der Waals surface area contributed by atoms with Crippen LogP contribution in [-0.4, -0.2) is 33.9 Å². The van der Waals surface area contributed by atoms with Crippen molar-refractivity contribution in [2.75, 3.05) is 18.4 Å². The summed E-state index contributed by atoms with van der Waals surface area (Å²) in [6.45, 7) is 1.49. The van der Waals surface area contributed by atoms with E-state index in [2.05, 4.69) is 15.7 Å². The highest BCUT2D eigenvalue weighted by atomic mass is 35.5. The summed E-state index contributed by atoms with van der Waals surface area (Å²) in [5, 5.41) is 20.3.